The van der Waals surface area contributed by atoms with Crippen molar-refractivity contribution in [3.63, 3.8) is 0 Å². The Morgan fingerprint density at radius 3 is 2.40 bits per heavy atom. The van der Waals surface area contributed by atoms with Gasteiger partial charge in [-0.2, -0.15) is 0 Å². The van der Waals surface area contributed by atoms with E-state index in [1.807, 2.05) is 0 Å². The summed E-state index contributed by atoms with van der Waals surface area (Å²) in [5, 5.41) is 12.8. The number of nitrogens with one attached hydrogen (secondary N) is 1. The Hall–Kier alpha value is -0.360. The van der Waals surface area contributed by atoms with Crippen LogP contribution in [-0.4, -0.2) is 30.6 Å². The summed E-state index contributed by atoms with van der Waals surface area (Å²) < 4.78 is 4.70. The van der Waals surface area contributed by atoms with Crippen molar-refractivity contribution in [3.8, 4) is 0 Å². The molecule has 0 amide bonds. The van der Waals surface area contributed by atoms with Gasteiger partial charge < -0.3 is 14.6 Å². The fourth-order valence-electron chi connectivity index (χ4n) is 0.777. The van der Waals surface area contributed by atoms with Crippen molar-refractivity contribution >= 4 is 11.9 Å². The normalized spacial score (nSPS) is 13.2. The van der Waals surface area contributed by atoms with Crippen LogP contribution in [0, 0.1) is 0 Å². The Balaban J connectivity index is 0. The van der Waals surface area contributed by atoms with Crippen LogP contribution in [0.5, 0.6) is 0 Å². The quantitative estimate of drug-likeness (QED) is 0.281. The third kappa shape index (κ3) is 7.56. The molecule has 0 radical (unpaired) electrons. The summed E-state index contributed by atoms with van der Waals surface area (Å²) in [7, 11) is 0. The van der Waals surface area contributed by atoms with Crippen molar-refractivity contribution in [2.75, 3.05) is 6.61 Å². The average molecular weight is 223 g/mol. The third-order valence-corrected chi connectivity index (χ3v) is 1.55. The minimum absolute atomic E-state index is 0. The van der Waals surface area contributed by atoms with Crippen LogP contribution >= 0.6 is 0 Å². The summed E-state index contributed by atoms with van der Waals surface area (Å²) in [5.41, 5.74) is 0. The first-order valence-electron chi connectivity index (χ1n) is 4.23. The number of carbonyl (C=O) groups is 2. The summed E-state index contributed by atoms with van der Waals surface area (Å²) in [4.78, 5) is 21.4. The van der Waals surface area contributed by atoms with E-state index in [1.165, 1.54) is 19.9 Å². The van der Waals surface area contributed by atoms with E-state index in [-0.39, 0.29) is 36.2 Å². The molecule has 15 heavy (non-hydrogen) atoms. The summed E-state index contributed by atoms with van der Waals surface area (Å²) in [6, 6.07) is -1.57. The molecule has 0 aromatic carbocycles. The van der Waals surface area contributed by atoms with Gasteiger partial charge in [-0.25, -0.2) is 0 Å². The van der Waals surface area contributed by atoms with E-state index in [0.29, 0.717) is 0 Å². The number of aliphatic carboxylic acids is 1. The van der Waals surface area contributed by atoms with Gasteiger partial charge in [0.15, 0.2) is 0 Å². The molecular formula is C9H14NNaO4. The number of ether oxygens (including phenoxy) is 1. The summed E-state index contributed by atoms with van der Waals surface area (Å²) >= 11 is 0. The van der Waals surface area contributed by atoms with Crippen molar-refractivity contribution < 1.29 is 49.0 Å². The number of esters is 1. The fourth-order valence-corrected chi connectivity index (χ4v) is 0.777. The van der Waals surface area contributed by atoms with E-state index in [2.05, 4.69) is 11.9 Å². The number of carboxylic acid groups (broad SMARTS) is 1. The molecule has 0 rings (SSSR count). The summed E-state index contributed by atoms with van der Waals surface area (Å²) in [5.74, 6) is -1.77. The molecule has 0 heterocycles. The second-order valence-electron chi connectivity index (χ2n) is 2.85. The maximum Gasteiger partial charge on any atom is 1.00 e. The molecule has 0 aromatic rings. The number of carbonyl (C=O) groups excluding carboxylic acids is 2. The van der Waals surface area contributed by atoms with Gasteiger partial charge in [-0.3, -0.25) is 10.1 Å². The molecule has 0 spiro atoms. The predicted octanol–water partition coefficient (Wildman–Crippen LogP) is -4.16. The van der Waals surface area contributed by atoms with Crippen LogP contribution in [0.4, 0.5) is 0 Å². The first-order valence-corrected chi connectivity index (χ1v) is 4.23. The zero-order valence-electron chi connectivity index (χ0n) is 9.28. The van der Waals surface area contributed by atoms with Crippen LogP contribution < -0.4 is 40.0 Å². The van der Waals surface area contributed by atoms with Crippen LogP contribution in [0.1, 0.15) is 13.8 Å². The van der Waals surface area contributed by atoms with Gasteiger partial charge >= 0.3 is 35.5 Å². The van der Waals surface area contributed by atoms with E-state index in [4.69, 9.17) is 4.74 Å². The molecule has 0 bridgehead atoms. The molecule has 0 fully saturated rings. The Morgan fingerprint density at radius 1 is 1.47 bits per heavy atom. The largest absolute Gasteiger partial charge is 1.00 e. The standard InChI is InChI=1S/C9H15NO4.Na/c1-4-5-14-9(13)7(3)10-6(2)8(11)12;/h4,6-7,10H,1,5H2,2-3H3,(H,11,12);/q;+1/p-1. The summed E-state index contributed by atoms with van der Waals surface area (Å²) in [6.45, 7) is 6.41. The zero-order valence-corrected chi connectivity index (χ0v) is 11.3. The molecule has 0 saturated carbocycles. The number of carboxylic acids is 1. The molecule has 2 unspecified atom stereocenters. The van der Waals surface area contributed by atoms with Crippen molar-refractivity contribution in [1.29, 1.82) is 0 Å². The Morgan fingerprint density at radius 2 is 2.00 bits per heavy atom. The smallest absolute Gasteiger partial charge is 0.548 e. The van der Waals surface area contributed by atoms with Gasteiger partial charge in [0.2, 0.25) is 0 Å². The molecule has 0 saturated heterocycles. The third-order valence-electron chi connectivity index (χ3n) is 1.55. The van der Waals surface area contributed by atoms with Crippen LogP contribution in [0.25, 0.3) is 0 Å². The molecule has 6 heteroatoms. The van der Waals surface area contributed by atoms with Crippen LogP contribution in [0.15, 0.2) is 12.7 Å². The molecule has 5 nitrogen and oxygen atoms in total. The van der Waals surface area contributed by atoms with E-state index in [0.717, 1.165) is 0 Å². The Labute approximate surface area is 111 Å². The van der Waals surface area contributed by atoms with Gasteiger partial charge in [0, 0.05) is 6.04 Å². The van der Waals surface area contributed by atoms with E-state index in [9.17, 15) is 14.7 Å². The molecule has 0 aromatic heterocycles. The van der Waals surface area contributed by atoms with Gasteiger partial charge in [0.25, 0.3) is 0 Å². The number of rotatable bonds is 6. The van der Waals surface area contributed by atoms with Gasteiger partial charge in [-0.15, -0.1) is 0 Å². The first-order chi connectivity index (χ1) is 6.49. The van der Waals surface area contributed by atoms with Crippen molar-refractivity contribution in [1.82, 2.24) is 5.32 Å². The monoisotopic (exact) mass is 223 g/mol. The maximum absolute atomic E-state index is 11.1. The van der Waals surface area contributed by atoms with Crippen molar-refractivity contribution in [2.24, 2.45) is 0 Å². The van der Waals surface area contributed by atoms with Crippen LogP contribution in [0.3, 0.4) is 0 Å². The van der Waals surface area contributed by atoms with Gasteiger partial charge in [-0.05, 0) is 13.8 Å². The SMILES string of the molecule is C=CCOC(=O)C(C)NC(C)C(=O)[O-].[Na+]. The molecule has 0 aliphatic rings. The van der Waals surface area contributed by atoms with E-state index < -0.39 is 24.0 Å². The first kappa shape index (κ1) is 17.0. The maximum atomic E-state index is 11.1. The Bertz CT molecular complexity index is 232. The topological polar surface area (TPSA) is 78.5 Å². The average Bonchev–Trinajstić information content (AvgIpc) is 2.13. The molecule has 80 valence electrons. The van der Waals surface area contributed by atoms with Crippen molar-refractivity contribution in [3.05, 3.63) is 12.7 Å². The Kier molecular flexibility index (Phi) is 10.1. The fraction of sp³-hybridized carbons (Fsp3) is 0.556. The minimum Gasteiger partial charge on any atom is -0.548 e. The van der Waals surface area contributed by atoms with Crippen molar-refractivity contribution in [2.45, 2.75) is 25.9 Å². The van der Waals surface area contributed by atoms with E-state index in [1.54, 1.807) is 0 Å². The number of hydrogen-bond acceptors (Lipinski definition) is 5. The molecule has 0 aliphatic carbocycles. The van der Waals surface area contributed by atoms with E-state index >= 15 is 0 Å². The second-order valence-corrected chi connectivity index (χ2v) is 2.85. The molecule has 0 aliphatic heterocycles. The van der Waals surface area contributed by atoms with Crippen LogP contribution in [-0.2, 0) is 14.3 Å². The van der Waals surface area contributed by atoms with Gasteiger partial charge in [0.05, 0.1) is 5.97 Å². The zero-order chi connectivity index (χ0) is 11.1. The van der Waals surface area contributed by atoms with Gasteiger partial charge in [0.1, 0.15) is 12.6 Å². The van der Waals surface area contributed by atoms with Gasteiger partial charge in [-0.1, -0.05) is 12.7 Å². The summed E-state index contributed by atoms with van der Waals surface area (Å²) in [6.07, 6.45) is 1.44. The molecular weight excluding hydrogens is 209 g/mol. The predicted molar refractivity (Wildman–Crippen MR) is 48.2 cm³/mol. The number of hydrogen-bond donors (Lipinski definition) is 1. The second kappa shape index (κ2) is 8.91. The molecule has 2 atom stereocenters. The minimum atomic E-state index is -1.26. The molecule has 1 N–H and O–H groups in total. The van der Waals surface area contributed by atoms with Crippen LogP contribution in [0.2, 0.25) is 0 Å².